The minimum absolute atomic E-state index is 0.260. The van der Waals surface area contributed by atoms with Gasteiger partial charge in [0.2, 0.25) is 0 Å². The van der Waals surface area contributed by atoms with Crippen LogP contribution in [0.3, 0.4) is 0 Å². The molecular formula is C15H22N2. The Labute approximate surface area is 103 Å². The number of aryl methyl sites for hydroxylation is 1. The molecule has 17 heavy (non-hydrogen) atoms. The summed E-state index contributed by atoms with van der Waals surface area (Å²) in [4.78, 5) is 3.33. The van der Waals surface area contributed by atoms with Crippen LogP contribution in [0.15, 0.2) is 24.4 Å². The smallest absolute Gasteiger partial charge is 0.0459 e. The maximum atomic E-state index is 6.17. The van der Waals surface area contributed by atoms with Gasteiger partial charge < -0.3 is 10.7 Å². The third-order valence-electron chi connectivity index (χ3n) is 3.18. The summed E-state index contributed by atoms with van der Waals surface area (Å²) in [5.41, 5.74) is 10.0. The van der Waals surface area contributed by atoms with Crippen LogP contribution in [0.25, 0.3) is 10.9 Å². The first kappa shape index (κ1) is 12.2. The molecule has 0 aliphatic heterocycles. The summed E-state index contributed by atoms with van der Waals surface area (Å²) < 4.78 is 0. The molecule has 92 valence electrons. The fourth-order valence-corrected chi connectivity index (χ4v) is 2.44. The molecule has 0 unspecified atom stereocenters. The zero-order valence-electron chi connectivity index (χ0n) is 11.0. The van der Waals surface area contributed by atoms with Crippen molar-refractivity contribution < 1.29 is 0 Å². The standard InChI is InChI=1S/C15H22N2/c1-10(2)6-13(16)8-12-9-17-15-7-11(3)4-5-14(12)15/h4-5,7,9-10,13,17H,6,8,16H2,1-3H3/t13-/m1/s1. The van der Waals surface area contributed by atoms with E-state index >= 15 is 0 Å². The van der Waals surface area contributed by atoms with E-state index in [2.05, 4.69) is 50.2 Å². The number of nitrogens with one attached hydrogen (secondary N) is 1. The zero-order valence-corrected chi connectivity index (χ0v) is 11.0. The highest BCUT2D eigenvalue weighted by Gasteiger charge is 2.10. The first-order chi connectivity index (χ1) is 8.06. The Hall–Kier alpha value is -1.28. The molecular weight excluding hydrogens is 208 g/mol. The lowest BCUT2D eigenvalue weighted by Gasteiger charge is -2.13. The van der Waals surface area contributed by atoms with Gasteiger partial charge in [-0.15, -0.1) is 0 Å². The highest BCUT2D eigenvalue weighted by atomic mass is 14.7. The number of rotatable bonds is 4. The Morgan fingerprint density at radius 1 is 1.29 bits per heavy atom. The van der Waals surface area contributed by atoms with Crippen LogP contribution in [0.4, 0.5) is 0 Å². The molecule has 2 nitrogen and oxygen atoms in total. The molecule has 0 saturated heterocycles. The Morgan fingerprint density at radius 2 is 2.06 bits per heavy atom. The van der Waals surface area contributed by atoms with E-state index in [1.165, 1.54) is 22.0 Å². The summed E-state index contributed by atoms with van der Waals surface area (Å²) in [7, 11) is 0. The average Bonchev–Trinajstić information content (AvgIpc) is 2.59. The third-order valence-corrected chi connectivity index (χ3v) is 3.18. The Balaban J connectivity index is 2.19. The van der Waals surface area contributed by atoms with Gasteiger partial charge in [0.1, 0.15) is 0 Å². The largest absolute Gasteiger partial charge is 0.361 e. The number of aromatic nitrogens is 1. The molecule has 2 aromatic rings. The fraction of sp³-hybridized carbons (Fsp3) is 0.467. The van der Waals surface area contributed by atoms with Crippen molar-refractivity contribution in [2.45, 2.75) is 39.7 Å². The van der Waals surface area contributed by atoms with Crippen LogP contribution >= 0.6 is 0 Å². The third kappa shape index (κ3) is 2.89. The molecule has 0 bridgehead atoms. The maximum absolute atomic E-state index is 6.17. The first-order valence-electron chi connectivity index (χ1n) is 6.38. The van der Waals surface area contributed by atoms with Crippen LogP contribution in [0.5, 0.6) is 0 Å². The highest BCUT2D eigenvalue weighted by Crippen LogP contribution is 2.21. The normalized spacial score (nSPS) is 13.5. The maximum Gasteiger partial charge on any atom is 0.0459 e. The van der Waals surface area contributed by atoms with E-state index < -0.39 is 0 Å². The van der Waals surface area contributed by atoms with Crippen molar-refractivity contribution in [2.75, 3.05) is 0 Å². The second kappa shape index (κ2) is 4.92. The first-order valence-corrected chi connectivity index (χ1v) is 6.38. The van der Waals surface area contributed by atoms with E-state index in [9.17, 15) is 0 Å². The van der Waals surface area contributed by atoms with Gasteiger partial charge in [-0.1, -0.05) is 26.0 Å². The number of H-pyrrole nitrogens is 1. The Kier molecular flexibility index (Phi) is 3.53. The number of aromatic amines is 1. The predicted octanol–water partition coefficient (Wildman–Crippen LogP) is 3.39. The number of nitrogens with two attached hydrogens (primary N) is 1. The summed E-state index contributed by atoms with van der Waals surface area (Å²) in [5.74, 6) is 0.664. The molecule has 1 aromatic heterocycles. The average molecular weight is 230 g/mol. The summed E-state index contributed by atoms with van der Waals surface area (Å²) in [6.07, 6.45) is 4.14. The second-order valence-corrected chi connectivity index (χ2v) is 5.46. The molecule has 2 heteroatoms. The van der Waals surface area contributed by atoms with Gasteiger partial charge in [0, 0.05) is 23.1 Å². The number of fused-ring (bicyclic) bond motifs is 1. The van der Waals surface area contributed by atoms with Crippen LogP contribution in [0.1, 0.15) is 31.4 Å². The van der Waals surface area contributed by atoms with Crippen molar-refractivity contribution in [1.29, 1.82) is 0 Å². The monoisotopic (exact) mass is 230 g/mol. The lowest BCUT2D eigenvalue weighted by atomic mass is 9.97. The molecule has 1 heterocycles. The van der Waals surface area contributed by atoms with Gasteiger partial charge in [-0.2, -0.15) is 0 Å². The molecule has 1 aromatic carbocycles. The van der Waals surface area contributed by atoms with E-state index in [-0.39, 0.29) is 6.04 Å². The quantitative estimate of drug-likeness (QED) is 0.830. The van der Waals surface area contributed by atoms with E-state index in [4.69, 9.17) is 5.73 Å². The lowest BCUT2D eigenvalue weighted by Crippen LogP contribution is -2.24. The van der Waals surface area contributed by atoms with Gasteiger partial charge in [0.15, 0.2) is 0 Å². The zero-order chi connectivity index (χ0) is 12.4. The molecule has 0 amide bonds. The highest BCUT2D eigenvalue weighted by molar-refractivity contribution is 5.83. The Morgan fingerprint density at radius 3 is 2.76 bits per heavy atom. The van der Waals surface area contributed by atoms with Crippen LogP contribution in [-0.4, -0.2) is 11.0 Å². The van der Waals surface area contributed by atoms with Crippen LogP contribution in [0, 0.1) is 12.8 Å². The molecule has 2 rings (SSSR count). The van der Waals surface area contributed by atoms with Gasteiger partial charge in [-0.05, 0) is 42.9 Å². The van der Waals surface area contributed by atoms with E-state index in [1.54, 1.807) is 0 Å². The van der Waals surface area contributed by atoms with Crippen molar-refractivity contribution in [1.82, 2.24) is 4.98 Å². The molecule has 0 aliphatic rings. The second-order valence-electron chi connectivity index (χ2n) is 5.46. The minimum Gasteiger partial charge on any atom is -0.361 e. The summed E-state index contributed by atoms with van der Waals surface area (Å²) >= 11 is 0. The summed E-state index contributed by atoms with van der Waals surface area (Å²) in [5, 5.41) is 1.31. The van der Waals surface area contributed by atoms with Gasteiger partial charge in [-0.3, -0.25) is 0 Å². The molecule has 0 aliphatic carbocycles. The van der Waals surface area contributed by atoms with Gasteiger partial charge in [0.25, 0.3) is 0 Å². The van der Waals surface area contributed by atoms with E-state index in [0.29, 0.717) is 5.92 Å². The molecule has 0 spiro atoms. The molecule has 0 fully saturated rings. The summed E-state index contributed by atoms with van der Waals surface area (Å²) in [6, 6.07) is 6.80. The van der Waals surface area contributed by atoms with Crippen LogP contribution in [-0.2, 0) is 6.42 Å². The van der Waals surface area contributed by atoms with Crippen molar-refractivity contribution in [2.24, 2.45) is 11.7 Å². The SMILES string of the molecule is Cc1ccc2c(C[C@H](N)CC(C)C)c[nH]c2c1. The van der Waals surface area contributed by atoms with E-state index in [1.807, 2.05) is 0 Å². The molecule has 0 saturated carbocycles. The van der Waals surface area contributed by atoms with Crippen molar-refractivity contribution in [3.63, 3.8) is 0 Å². The van der Waals surface area contributed by atoms with Crippen molar-refractivity contribution in [3.05, 3.63) is 35.5 Å². The lowest BCUT2D eigenvalue weighted by molar-refractivity contribution is 0.494. The number of hydrogen-bond acceptors (Lipinski definition) is 1. The van der Waals surface area contributed by atoms with Crippen molar-refractivity contribution in [3.8, 4) is 0 Å². The molecule has 0 radical (unpaired) electrons. The van der Waals surface area contributed by atoms with Gasteiger partial charge >= 0.3 is 0 Å². The molecule has 1 atom stereocenters. The van der Waals surface area contributed by atoms with Gasteiger partial charge in [0.05, 0.1) is 0 Å². The minimum atomic E-state index is 0.260. The Bertz CT molecular complexity index is 497. The van der Waals surface area contributed by atoms with Crippen molar-refractivity contribution >= 4 is 10.9 Å². The van der Waals surface area contributed by atoms with Crippen LogP contribution in [0.2, 0.25) is 0 Å². The number of hydrogen-bond donors (Lipinski definition) is 2. The summed E-state index contributed by atoms with van der Waals surface area (Å²) in [6.45, 7) is 6.56. The topological polar surface area (TPSA) is 41.8 Å². The number of benzene rings is 1. The molecule has 3 N–H and O–H groups in total. The van der Waals surface area contributed by atoms with Crippen LogP contribution < -0.4 is 5.73 Å². The van der Waals surface area contributed by atoms with Gasteiger partial charge in [-0.25, -0.2) is 0 Å². The van der Waals surface area contributed by atoms with E-state index in [0.717, 1.165) is 12.8 Å². The predicted molar refractivity (Wildman–Crippen MR) is 74.2 cm³/mol. The fourth-order valence-electron chi connectivity index (χ4n) is 2.44.